The maximum absolute atomic E-state index is 13.3. The summed E-state index contributed by atoms with van der Waals surface area (Å²) in [6.07, 6.45) is -0.00142. The van der Waals surface area contributed by atoms with Crippen LogP contribution in [0.2, 0.25) is 0 Å². The number of benzene rings is 1. The number of aromatic nitrogens is 6. The largest absolute Gasteiger partial charge is 0.573 e. The zero-order chi connectivity index (χ0) is 30.7. The molecular formula is C28H32F3N9O3. The Morgan fingerprint density at radius 1 is 1.07 bits per heavy atom. The SMILES string of the molecule is COCCN1CCN(c2cc(OC(F)(F)F)cc(C(=O)Nc3cnc(C)c(-n4cc(-c5cnn(C)c5C)nn4)c3)c2)CC1. The summed E-state index contributed by atoms with van der Waals surface area (Å²) in [6.45, 7) is 7.63. The monoisotopic (exact) mass is 599 g/mol. The second-order valence-corrected chi connectivity index (χ2v) is 10.2. The predicted molar refractivity (Wildman–Crippen MR) is 152 cm³/mol. The van der Waals surface area contributed by atoms with Gasteiger partial charge in [0.25, 0.3) is 5.91 Å². The van der Waals surface area contributed by atoms with E-state index >= 15 is 0 Å². The molecule has 0 aliphatic carbocycles. The Bertz CT molecular complexity index is 1590. The lowest BCUT2D eigenvalue weighted by Crippen LogP contribution is -2.47. The van der Waals surface area contributed by atoms with Crippen molar-refractivity contribution in [2.75, 3.05) is 56.7 Å². The summed E-state index contributed by atoms with van der Waals surface area (Å²) < 4.78 is 52.1. The molecule has 43 heavy (non-hydrogen) atoms. The number of carbonyl (C=O) groups excluding carboxylic acids is 1. The highest BCUT2D eigenvalue weighted by molar-refractivity contribution is 6.05. The van der Waals surface area contributed by atoms with Crippen LogP contribution in [0.4, 0.5) is 24.5 Å². The van der Waals surface area contributed by atoms with Crippen molar-refractivity contribution in [3.63, 3.8) is 0 Å². The number of methoxy groups -OCH3 is 1. The molecule has 0 radical (unpaired) electrons. The first-order valence-corrected chi connectivity index (χ1v) is 13.6. The molecule has 0 bridgehead atoms. The van der Waals surface area contributed by atoms with Gasteiger partial charge in [-0.3, -0.25) is 19.4 Å². The summed E-state index contributed by atoms with van der Waals surface area (Å²) in [5.74, 6) is -1.09. The van der Waals surface area contributed by atoms with E-state index in [0.717, 1.165) is 23.9 Å². The maximum Gasteiger partial charge on any atom is 0.573 e. The lowest BCUT2D eigenvalue weighted by Gasteiger charge is -2.36. The van der Waals surface area contributed by atoms with E-state index < -0.39 is 18.0 Å². The van der Waals surface area contributed by atoms with Gasteiger partial charge < -0.3 is 19.7 Å². The van der Waals surface area contributed by atoms with Crippen LogP contribution < -0.4 is 15.0 Å². The van der Waals surface area contributed by atoms with Crippen LogP contribution in [-0.2, 0) is 11.8 Å². The van der Waals surface area contributed by atoms with Crippen molar-refractivity contribution in [3.8, 4) is 22.7 Å². The standard InChI is InChI=1S/C28H32F3N9O3/c1-18-26(40-17-25(35-36-40)24-16-33-37(3)19(24)2)13-21(15-32-18)34-27(41)20-11-22(14-23(12-20)43-28(29,30)31)39-7-5-38(6-8-39)9-10-42-4/h11-17H,5-10H2,1-4H3,(H,34,41). The minimum absolute atomic E-state index is 0.00998. The van der Waals surface area contributed by atoms with Crippen molar-refractivity contribution in [2.24, 2.45) is 7.05 Å². The summed E-state index contributed by atoms with van der Waals surface area (Å²) in [5.41, 5.74) is 4.37. The minimum atomic E-state index is -4.91. The van der Waals surface area contributed by atoms with Crippen molar-refractivity contribution >= 4 is 17.3 Å². The Labute approximate surface area is 246 Å². The molecule has 1 fully saturated rings. The topological polar surface area (TPSA) is 115 Å². The van der Waals surface area contributed by atoms with E-state index in [1.807, 2.05) is 18.9 Å². The molecule has 3 aromatic heterocycles. The average Bonchev–Trinajstić information content (AvgIpc) is 3.58. The molecule has 12 nitrogen and oxygen atoms in total. The number of nitrogens with zero attached hydrogens (tertiary/aromatic N) is 8. The van der Waals surface area contributed by atoms with Gasteiger partial charge in [-0.15, -0.1) is 18.3 Å². The number of rotatable bonds is 9. The number of aryl methyl sites for hydroxylation is 2. The van der Waals surface area contributed by atoms with Crippen LogP contribution >= 0.6 is 0 Å². The number of nitrogens with one attached hydrogen (secondary N) is 1. The third kappa shape index (κ3) is 7.11. The highest BCUT2D eigenvalue weighted by Gasteiger charge is 2.32. The third-order valence-corrected chi connectivity index (χ3v) is 7.31. The van der Waals surface area contributed by atoms with Gasteiger partial charge >= 0.3 is 6.36 Å². The van der Waals surface area contributed by atoms with Crippen LogP contribution in [0.25, 0.3) is 16.9 Å². The van der Waals surface area contributed by atoms with Gasteiger partial charge in [0.2, 0.25) is 0 Å². The molecule has 0 unspecified atom stereocenters. The summed E-state index contributed by atoms with van der Waals surface area (Å²) in [6, 6.07) is 5.60. The van der Waals surface area contributed by atoms with E-state index in [2.05, 4.69) is 35.3 Å². The van der Waals surface area contributed by atoms with Gasteiger partial charge in [0.05, 0.1) is 42.3 Å². The molecule has 0 atom stereocenters. The van der Waals surface area contributed by atoms with Crippen LogP contribution in [0.3, 0.4) is 0 Å². The van der Waals surface area contributed by atoms with Crippen LogP contribution in [0.1, 0.15) is 21.7 Å². The summed E-state index contributed by atoms with van der Waals surface area (Å²) in [5, 5.41) is 15.5. The number of hydrogen-bond donors (Lipinski definition) is 1. The van der Waals surface area contributed by atoms with Gasteiger partial charge in [-0.05, 0) is 32.0 Å². The normalized spacial score (nSPS) is 14.3. The number of halogens is 3. The van der Waals surface area contributed by atoms with E-state index in [-0.39, 0.29) is 5.56 Å². The fourth-order valence-electron chi connectivity index (χ4n) is 4.82. The summed E-state index contributed by atoms with van der Waals surface area (Å²) >= 11 is 0. The first-order chi connectivity index (χ1) is 20.5. The van der Waals surface area contributed by atoms with Crippen molar-refractivity contribution in [3.05, 3.63) is 59.8 Å². The summed E-state index contributed by atoms with van der Waals surface area (Å²) in [4.78, 5) is 21.9. The average molecular weight is 600 g/mol. The van der Waals surface area contributed by atoms with Crippen molar-refractivity contribution in [1.82, 2.24) is 34.7 Å². The second-order valence-electron chi connectivity index (χ2n) is 10.2. The fourth-order valence-corrected chi connectivity index (χ4v) is 4.82. The number of ether oxygens (including phenoxy) is 2. The second kappa shape index (κ2) is 12.4. The first-order valence-electron chi connectivity index (χ1n) is 13.6. The molecular weight excluding hydrogens is 567 g/mol. The van der Waals surface area contributed by atoms with E-state index in [1.54, 1.807) is 47.9 Å². The van der Waals surface area contributed by atoms with Gasteiger partial charge in [0.15, 0.2) is 0 Å². The number of piperazine rings is 1. The van der Waals surface area contributed by atoms with Crippen LogP contribution in [0.5, 0.6) is 5.75 Å². The van der Waals surface area contributed by atoms with Crippen LogP contribution in [-0.4, -0.2) is 93.4 Å². The van der Waals surface area contributed by atoms with Crippen LogP contribution in [0, 0.1) is 13.8 Å². The van der Waals surface area contributed by atoms with Gasteiger partial charge in [-0.1, -0.05) is 5.21 Å². The highest BCUT2D eigenvalue weighted by Crippen LogP contribution is 2.30. The first kappa shape index (κ1) is 30.0. The molecule has 1 amide bonds. The van der Waals surface area contributed by atoms with Gasteiger partial charge in [-0.25, -0.2) is 4.68 Å². The molecule has 4 heterocycles. The Morgan fingerprint density at radius 3 is 2.51 bits per heavy atom. The lowest BCUT2D eigenvalue weighted by molar-refractivity contribution is -0.274. The molecule has 4 aromatic rings. The van der Waals surface area contributed by atoms with Gasteiger partial charge in [-0.2, -0.15) is 5.10 Å². The molecule has 5 rings (SSSR count). The summed E-state index contributed by atoms with van der Waals surface area (Å²) in [7, 11) is 3.47. The van der Waals surface area contributed by atoms with E-state index in [9.17, 15) is 18.0 Å². The Morgan fingerprint density at radius 2 is 1.84 bits per heavy atom. The number of hydrogen-bond acceptors (Lipinski definition) is 9. The van der Waals surface area contributed by atoms with Crippen molar-refractivity contribution in [1.29, 1.82) is 0 Å². The predicted octanol–water partition coefficient (Wildman–Crippen LogP) is 3.60. The molecule has 0 saturated carbocycles. The van der Waals surface area contributed by atoms with E-state index in [0.29, 0.717) is 61.2 Å². The smallest absolute Gasteiger partial charge is 0.406 e. The highest BCUT2D eigenvalue weighted by atomic mass is 19.4. The number of anilines is 2. The third-order valence-electron chi connectivity index (χ3n) is 7.31. The maximum atomic E-state index is 13.3. The van der Waals surface area contributed by atoms with Crippen LogP contribution in [0.15, 0.2) is 42.9 Å². The molecule has 228 valence electrons. The lowest BCUT2D eigenvalue weighted by atomic mass is 10.1. The van der Waals surface area contributed by atoms with Crippen molar-refractivity contribution in [2.45, 2.75) is 20.2 Å². The molecule has 1 N–H and O–H groups in total. The molecule has 1 aromatic carbocycles. The number of alkyl halides is 3. The molecule has 15 heteroatoms. The molecule has 1 aliphatic heterocycles. The molecule has 1 aliphatic rings. The molecule has 1 saturated heterocycles. The van der Waals surface area contributed by atoms with Gasteiger partial charge in [0, 0.05) is 75.5 Å². The minimum Gasteiger partial charge on any atom is -0.406 e. The Hall–Kier alpha value is -4.50. The molecule has 0 spiro atoms. The number of pyridine rings is 1. The zero-order valence-corrected chi connectivity index (χ0v) is 24.2. The van der Waals surface area contributed by atoms with Crippen molar-refractivity contribution < 1.29 is 27.4 Å². The zero-order valence-electron chi connectivity index (χ0n) is 24.2. The quantitative estimate of drug-likeness (QED) is 0.308. The Balaban J connectivity index is 1.37. The number of carbonyl (C=O) groups is 1. The Kier molecular flexibility index (Phi) is 8.64. The number of amides is 1. The fraction of sp³-hybridized carbons (Fsp3) is 0.393. The van der Waals surface area contributed by atoms with Gasteiger partial charge in [0.1, 0.15) is 11.4 Å². The van der Waals surface area contributed by atoms with E-state index in [4.69, 9.17) is 4.74 Å². The van der Waals surface area contributed by atoms with E-state index in [1.165, 1.54) is 12.3 Å².